The van der Waals surface area contributed by atoms with Crippen LogP contribution in [0.15, 0.2) is 235 Å². The van der Waals surface area contributed by atoms with Crippen LogP contribution in [-0.2, 0) is 0 Å². The normalized spacial score (nSPS) is 11.5. The predicted octanol–water partition coefficient (Wildman–Crippen LogP) is 17.4. The lowest BCUT2D eigenvalue weighted by Crippen LogP contribution is -2.10. The molecule has 0 aliphatic heterocycles. The SMILES string of the molecule is c1ccc(-c2cccc(N(c3cc(-c4ccccc4)c4c(c3)oc3c5ccccc5c(N(c5ccccc5)c5ccccc5)cc34)c3ccc4sc5ccccc5c4c3)c2)cc1. The summed E-state index contributed by atoms with van der Waals surface area (Å²) in [6.45, 7) is 0. The number of nitrogens with zero attached hydrogens (tertiary/aromatic N) is 2. The van der Waals surface area contributed by atoms with Gasteiger partial charge in [0.25, 0.3) is 0 Å². The fourth-order valence-corrected chi connectivity index (χ4v) is 10.3. The summed E-state index contributed by atoms with van der Waals surface area (Å²) < 4.78 is 9.76. The zero-order chi connectivity index (χ0) is 41.0. The summed E-state index contributed by atoms with van der Waals surface area (Å²) >= 11 is 1.84. The first-order valence-electron chi connectivity index (χ1n) is 21.0. The summed E-state index contributed by atoms with van der Waals surface area (Å²) in [7, 11) is 0. The lowest BCUT2D eigenvalue weighted by atomic mass is 9.96. The molecule has 0 aliphatic carbocycles. The van der Waals surface area contributed by atoms with E-state index in [4.69, 9.17) is 4.42 Å². The van der Waals surface area contributed by atoms with E-state index in [9.17, 15) is 0 Å². The molecule has 3 nitrogen and oxygen atoms in total. The van der Waals surface area contributed by atoms with Gasteiger partial charge in [0.05, 0.1) is 11.4 Å². The molecule has 0 saturated heterocycles. The fourth-order valence-electron chi connectivity index (χ4n) is 9.19. The highest BCUT2D eigenvalue weighted by atomic mass is 32.1. The van der Waals surface area contributed by atoms with Crippen molar-refractivity contribution in [1.82, 2.24) is 0 Å². The van der Waals surface area contributed by atoms with Crippen LogP contribution >= 0.6 is 11.3 Å². The third kappa shape index (κ3) is 6.11. The van der Waals surface area contributed by atoms with Crippen molar-refractivity contribution in [1.29, 1.82) is 0 Å². The minimum Gasteiger partial charge on any atom is -0.455 e. The van der Waals surface area contributed by atoms with E-state index < -0.39 is 0 Å². The first-order chi connectivity index (χ1) is 30.7. The maximum absolute atomic E-state index is 7.20. The van der Waals surface area contributed by atoms with Crippen LogP contribution in [0.25, 0.3) is 75.1 Å². The van der Waals surface area contributed by atoms with Crippen molar-refractivity contribution in [3.05, 3.63) is 231 Å². The summed E-state index contributed by atoms with van der Waals surface area (Å²) in [4.78, 5) is 4.76. The third-order valence-electron chi connectivity index (χ3n) is 12.0. The standard InChI is InChI=1S/C58H38N2OS/c1-5-18-39(19-6-1)41-22-17-27-44(34-41)59(45-32-33-56-51(35-45)48-29-15-16-31-55(48)62-56)46-36-50(40-20-7-2-8-21-40)57-52-38-53(47-28-13-14-30-49(47)58(52)61-54(57)37-46)60(42-23-9-3-10-24-42)43-25-11-4-12-26-43/h1-38H. The molecule has 0 N–H and O–H groups in total. The van der Waals surface area contributed by atoms with Gasteiger partial charge in [0.1, 0.15) is 11.2 Å². The number of rotatable bonds is 8. The molecule has 4 heteroatoms. The van der Waals surface area contributed by atoms with Gasteiger partial charge in [-0.05, 0) is 95.1 Å². The van der Waals surface area contributed by atoms with E-state index in [0.29, 0.717) is 0 Å². The molecule has 10 aromatic carbocycles. The zero-order valence-corrected chi connectivity index (χ0v) is 34.5. The highest BCUT2D eigenvalue weighted by molar-refractivity contribution is 7.25. The predicted molar refractivity (Wildman–Crippen MR) is 264 cm³/mol. The van der Waals surface area contributed by atoms with Gasteiger partial charge in [-0.15, -0.1) is 11.3 Å². The largest absolute Gasteiger partial charge is 0.455 e. The van der Waals surface area contributed by atoms with Crippen molar-refractivity contribution >= 4 is 98.3 Å². The molecule has 292 valence electrons. The Kier molecular flexibility index (Phi) is 8.68. The molecular formula is C58H38N2OS. The Balaban J connectivity index is 1.15. The van der Waals surface area contributed by atoms with Crippen LogP contribution in [0.2, 0.25) is 0 Å². The van der Waals surface area contributed by atoms with Crippen LogP contribution < -0.4 is 9.80 Å². The minimum atomic E-state index is 0.830. The number of anilines is 6. The molecule has 0 amide bonds. The van der Waals surface area contributed by atoms with Gasteiger partial charge >= 0.3 is 0 Å². The smallest absolute Gasteiger partial charge is 0.143 e. The second-order valence-corrected chi connectivity index (χ2v) is 16.8. The molecule has 0 bridgehead atoms. The molecule has 0 fully saturated rings. The molecule has 62 heavy (non-hydrogen) atoms. The molecular weight excluding hydrogens is 773 g/mol. The number of furan rings is 1. The zero-order valence-electron chi connectivity index (χ0n) is 33.7. The van der Waals surface area contributed by atoms with E-state index >= 15 is 0 Å². The Morgan fingerprint density at radius 3 is 1.61 bits per heavy atom. The van der Waals surface area contributed by atoms with Gasteiger partial charge in [-0.1, -0.05) is 152 Å². The van der Waals surface area contributed by atoms with E-state index in [0.717, 1.165) is 83.5 Å². The summed E-state index contributed by atoms with van der Waals surface area (Å²) in [5.41, 5.74) is 12.7. The second-order valence-electron chi connectivity index (χ2n) is 15.7. The van der Waals surface area contributed by atoms with Crippen molar-refractivity contribution in [2.24, 2.45) is 0 Å². The van der Waals surface area contributed by atoms with E-state index in [-0.39, 0.29) is 0 Å². The quantitative estimate of drug-likeness (QED) is 0.152. The van der Waals surface area contributed by atoms with Gasteiger partial charge in [0, 0.05) is 70.5 Å². The van der Waals surface area contributed by atoms with Gasteiger partial charge in [-0.3, -0.25) is 0 Å². The average molecular weight is 811 g/mol. The molecule has 12 aromatic rings. The first-order valence-corrected chi connectivity index (χ1v) is 21.8. The monoisotopic (exact) mass is 810 g/mol. The molecule has 0 radical (unpaired) electrons. The van der Waals surface area contributed by atoms with Gasteiger partial charge in [0.2, 0.25) is 0 Å². The molecule has 0 unspecified atom stereocenters. The van der Waals surface area contributed by atoms with Crippen molar-refractivity contribution in [3.63, 3.8) is 0 Å². The molecule has 2 heterocycles. The third-order valence-corrected chi connectivity index (χ3v) is 13.1. The number of fused-ring (bicyclic) bond motifs is 8. The molecule has 0 aliphatic rings. The maximum atomic E-state index is 7.20. The van der Waals surface area contributed by atoms with Crippen LogP contribution in [0.4, 0.5) is 34.1 Å². The number of hydrogen-bond acceptors (Lipinski definition) is 4. The van der Waals surface area contributed by atoms with Crippen molar-refractivity contribution in [2.45, 2.75) is 0 Å². The topological polar surface area (TPSA) is 19.6 Å². The van der Waals surface area contributed by atoms with E-state index in [1.165, 1.54) is 25.7 Å². The lowest BCUT2D eigenvalue weighted by molar-refractivity contribution is 0.673. The van der Waals surface area contributed by atoms with Gasteiger partial charge < -0.3 is 14.2 Å². The van der Waals surface area contributed by atoms with Gasteiger partial charge in [0.15, 0.2) is 0 Å². The van der Waals surface area contributed by atoms with Gasteiger partial charge in [-0.25, -0.2) is 0 Å². The highest BCUT2D eigenvalue weighted by Crippen LogP contribution is 2.49. The minimum absolute atomic E-state index is 0.830. The van der Waals surface area contributed by atoms with Gasteiger partial charge in [-0.2, -0.15) is 0 Å². The highest BCUT2D eigenvalue weighted by Gasteiger charge is 2.24. The number of benzene rings is 10. The Labute approximate surface area is 363 Å². The molecule has 0 atom stereocenters. The average Bonchev–Trinajstić information content (AvgIpc) is 3.91. The van der Waals surface area contributed by atoms with Crippen molar-refractivity contribution in [2.75, 3.05) is 9.80 Å². The fraction of sp³-hybridized carbons (Fsp3) is 0. The number of hydrogen-bond donors (Lipinski definition) is 0. The van der Waals surface area contributed by atoms with E-state index in [2.05, 4.69) is 240 Å². The molecule has 2 aromatic heterocycles. The molecule has 12 rings (SSSR count). The Hall–Kier alpha value is -7.92. The lowest BCUT2D eigenvalue weighted by Gasteiger charge is -2.27. The Bertz CT molecular complexity index is 3540. The van der Waals surface area contributed by atoms with Crippen LogP contribution in [0, 0.1) is 0 Å². The van der Waals surface area contributed by atoms with Crippen LogP contribution in [0.3, 0.4) is 0 Å². The van der Waals surface area contributed by atoms with Crippen LogP contribution in [0.5, 0.6) is 0 Å². The first kappa shape index (κ1) is 36.0. The number of para-hydroxylation sites is 2. The Morgan fingerprint density at radius 1 is 0.323 bits per heavy atom. The van der Waals surface area contributed by atoms with Crippen molar-refractivity contribution in [3.8, 4) is 22.3 Å². The van der Waals surface area contributed by atoms with Crippen molar-refractivity contribution < 1.29 is 4.42 Å². The summed E-state index contributed by atoms with van der Waals surface area (Å²) in [6, 6.07) is 82.8. The number of thiophene rings is 1. The van der Waals surface area contributed by atoms with Crippen LogP contribution in [-0.4, -0.2) is 0 Å². The summed E-state index contributed by atoms with van der Waals surface area (Å²) in [6.07, 6.45) is 0. The summed E-state index contributed by atoms with van der Waals surface area (Å²) in [5.74, 6) is 0. The molecule has 0 spiro atoms. The maximum Gasteiger partial charge on any atom is 0.143 e. The Morgan fingerprint density at radius 2 is 0.887 bits per heavy atom. The van der Waals surface area contributed by atoms with Crippen LogP contribution in [0.1, 0.15) is 0 Å². The van der Waals surface area contributed by atoms with E-state index in [1.54, 1.807) is 0 Å². The second kappa shape index (κ2) is 15.0. The van der Waals surface area contributed by atoms with E-state index in [1.807, 2.05) is 11.3 Å². The molecule has 0 saturated carbocycles. The summed E-state index contributed by atoms with van der Waals surface area (Å²) in [5, 5.41) is 6.85.